The molecule has 0 aromatic heterocycles. The zero-order chi connectivity index (χ0) is 22.5. The minimum absolute atomic E-state index is 0.116. The molecule has 2 aliphatic heterocycles. The van der Waals surface area contributed by atoms with Crippen LogP contribution >= 0.6 is 11.6 Å². The fourth-order valence-electron chi connectivity index (χ4n) is 4.01. The Bertz CT molecular complexity index is 1010. The molecule has 0 radical (unpaired) electrons. The van der Waals surface area contributed by atoms with Gasteiger partial charge in [-0.1, -0.05) is 17.7 Å². The summed E-state index contributed by atoms with van der Waals surface area (Å²) in [5.74, 6) is -0.730. The third kappa shape index (κ3) is 5.29. The molecule has 0 unspecified atom stereocenters. The van der Waals surface area contributed by atoms with Gasteiger partial charge < -0.3 is 20.3 Å². The molecule has 8 heteroatoms. The van der Waals surface area contributed by atoms with Crippen molar-refractivity contribution < 1.29 is 19.1 Å². The molecule has 168 valence electrons. The highest BCUT2D eigenvalue weighted by molar-refractivity contribution is 6.31. The number of carbonyl (C=O) groups is 3. The van der Waals surface area contributed by atoms with Gasteiger partial charge >= 0.3 is 0 Å². The molecule has 0 saturated carbocycles. The van der Waals surface area contributed by atoms with Crippen LogP contribution in [0.2, 0.25) is 5.02 Å². The lowest BCUT2D eigenvalue weighted by molar-refractivity contribution is -0.124. The minimum Gasteiger partial charge on any atom is -0.368 e. The molecule has 3 amide bonds. The van der Waals surface area contributed by atoms with Crippen LogP contribution in [0.3, 0.4) is 0 Å². The van der Waals surface area contributed by atoms with Crippen molar-refractivity contribution in [1.29, 1.82) is 0 Å². The Balaban J connectivity index is 1.49. The smallest absolute Gasteiger partial charge is 0.255 e. The van der Waals surface area contributed by atoms with E-state index in [9.17, 15) is 14.4 Å². The summed E-state index contributed by atoms with van der Waals surface area (Å²) in [5, 5.41) is 6.04. The van der Waals surface area contributed by atoms with E-state index in [-0.39, 0.29) is 11.8 Å². The summed E-state index contributed by atoms with van der Waals surface area (Å²) in [6.07, 6.45) is 4.17. The van der Waals surface area contributed by atoms with Crippen molar-refractivity contribution in [3.63, 3.8) is 0 Å². The summed E-state index contributed by atoms with van der Waals surface area (Å²) in [6.45, 7) is 2.00. The number of benzene rings is 2. The second-order valence-electron chi connectivity index (χ2n) is 8.07. The van der Waals surface area contributed by atoms with Crippen molar-refractivity contribution in [2.45, 2.75) is 38.2 Å². The summed E-state index contributed by atoms with van der Waals surface area (Å²) in [6, 6.07) is 11.5. The molecule has 4 rings (SSSR count). The first-order chi connectivity index (χ1) is 15.5. The van der Waals surface area contributed by atoms with Crippen molar-refractivity contribution >= 4 is 40.7 Å². The number of piperidine rings is 1. The van der Waals surface area contributed by atoms with E-state index in [4.69, 9.17) is 16.3 Å². The lowest BCUT2D eigenvalue weighted by atomic mass is 10.1. The first-order valence-electron chi connectivity index (χ1n) is 10.9. The normalized spacial score (nSPS) is 18.3. The molecule has 2 N–H and O–H groups in total. The molecular formula is C24H26ClN3O4. The number of likely N-dealkylation sites (tertiary alicyclic amines) is 1. The van der Waals surface area contributed by atoms with E-state index in [1.54, 1.807) is 42.5 Å². The number of hydrogen-bond acceptors (Lipinski definition) is 4. The molecule has 0 bridgehead atoms. The van der Waals surface area contributed by atoms with Crippen LogP contribution in [0.1, 0.15) is 52.8 Å². The van der Waals surface area contributed by atoms with Gasteiger partial charge in [-0.2, -0.15) is 0 Å². The number of anilines is 2. The molecular weight excluding hydrogens is 430 g/mol. The predicted molar refractivity (Wildman–Crippen MR) is 123 cm³/mol. The Kier molecular flexibility index (Phi) is 7.07. The average molecular weight is 456 g/mol. The van der Waals surface area contributed by atoms with Crippen LogP contribution < -0.4 is 10.6 Å². The summed E-state index contributed by atoms with van der Waals surface area (Å²) in [4.78, 5) is 40.1. The monoisotopic (exact) mass is 455 g/mol. The van der Waals surface area contributed by atoms with Crippen LogP contribution in [-0.4, -0.2) is 48.4 Å². The maximum absolute atomic E-state index is 13.0. The van der Waals surface area contributed by atoms with Crippen molar-refractivity contribution in [3.8, 4) is 0 Å². The van der Waals surface area contributed by atoms with Gasteiger partial charge in [-0.25, -0.2) is 0 Å². The fourth-order valence-corrected chi connectivity index (χ4v) is 4.19. The van der Waals surface area contributed by atoms with Crippen LogP contribution in [-0.2, 0) is 9.53 Å². The summed E-state index contributed by atoms with van der Waals surface area (Å²) >= 11 is 6.15. The number of hydrogen-bond donors (Lipinski definition) is 2. The highest BCUT2D eigenvalue weighted by atomic mass is 35.5. The highest BCUT2D eigenvalue weighted by Gasteiger charge is 2.24. The number of halogens is 1. The third-order valence-electron chi connectivity index (χ3n) is 5.72. The van der Waals surface area contributed by atoms with Crippen molar-refractivity contribution in [3.05, 3.63) is 58.6 Å². The first-order valence-corrected chi connectivity index (χ1v) is 11.3. The standard InChI is InChI=1S/C24H26ClN3O4/c25-17-9-10-19(24(31)28-11-2-1-3-12-28)20(15-17)27-22(29)16-6-4-7-18(14-16)26-23(30)21-8-5-13-32-21/h4,6-7,9-10,14-15,21H,1-3,5,8,11-13H2,(H,26,30)(H,27,29)/t21-/m1/s1. The molecule has 0 spiro atoms. The van der Waals surface area contributed by atoms with Crippen LogP contribution in [0.25, 0.3) is 0 Å². The van der Waals surface area contributed by atoms with Crippen LogP contribution in [0, 0.1) is 0 Å². The molecule has 0 aliphatic carbocycles. The lowest BCUT2D eigenvalue weighted by Gasteiger charge is -2.27. The quantitative estimate of drug-likeness (QED) is 0.702. The van der Waals surface area contributed by atoms with Gasteiger partial charge in [0.25, 0.3) is 17.7 Å². The van der Waals surface area contributed by atoms with Gasteiger partial charge in [0.15, 0.2) is 0 Å². The number of rotatable bonds is 5. The number of nitrogens with one attached hydrogen (secondary N) is 2. The van der Waals surface area contributed by atoms with E-state index in [0.29, 0.717) is 53.6 Å². The second kappa shape index (κ2) is 10.1. The molecule has 2 aliphatic rings. The van der Waals surface area contributed by atoms with Gasteiger partial charge in [0.1, 0.15) is 6.10 Å². The van der Waals surface area contributed by atoms with Gasteiger partial charge in [-0.3, -0.25) is 14.4 Å². The van der Waals surface area contributed by atoms with Crippen molar-refractivity contribution in [2.24, 2.45) is 0 Å². The Labute approximate surface area is 192 Å². The number of amides is 3. The number of carbonyl (C=O) groups excluding carboxylic acids is 3. The molecule has 2 aromatic carbocycles. The van der Waals surface area contributed by atoms with Gasteiger partial charge in [0.05, 0.1) is 11.3 Å². The summed E-state index contributed by atoms with van der Waals surface area (Å²) < 4.78 is 5.40. The van der Waals surface area contributed by atoms with Crippen molar-refractivity contribution in [2.75, 3.05) is 30.3 Å². The Morgan fingerprint density at radius 3 is 2.53 bits per heavy atom. The highest BCUT2D eigenvalue weighted by Crippen LogP contribution is 2.25. The molecule has 7 nitrogen and oxygen atoms in total. The molecule has 2 aromatic rings. The van der Waals surface area contributed by atoms with E-state index < -0.39 is 12.0 Å². The zero-order valence-electron chi connectivity index (χ0n) is 17.7. The fraction of sp³-hybridized carbons (Fsp3) is 0.375. The molecule has 2 fully saturated rings. The molecule has 2 heterocycles. The van der Waals surface area contributed by atoms with Gasteiger partial charge in [0.2, 0.25) is 0 Å². The van der Waals surface area contributed by atoms with Crippen molar-refractivity contribution in [1.82, 2.24) is 4.90 Å². The zero-order valence-corrected chi connectivity index (χ0v) is 18.5. The van der Waals surface area contributed by atoms with E-state index >= 15 is 0 Å². The van der Waals surface area contributed by atoms with E-state index in [1.807, 2.05) is 4.90 Å². The van der Waals surface area contributed by atoms with E-state index in [1.165, 1.54) is 0 Å². The van der Waals surface area contributed by atoms with Crippen LogP contribution in [0.5, 0.6) is 0 Å². The average Bonchev–Trinajstić information content (AvgIpc) is 3.35. The number of ether oxygens (including phenoxy) is 1. The Morgan fingerprint density at radius 2 is 1.78 bits per heavy atom. The predicted octanol–water partition coefficient (Wildman–Crippen LogP) is 4.34. The van der Waals surface area contributed by atoms with E-state index in [2.05, 4.69) is 10.6 Å². The summed E-state index contributed by atoms with van der Waals surface area (Å²) in [7, 11) is 0. The third-order valence-corrected chi connectivity index (χ3v) is 5.95. The van der Waals surface area contributed by atoms with Gasteiger partial charge in [0, 0.05) is 36.0 Å². The van der Waals surface area contributed by atoms with Crippen LogP contribution in [0.15, 0.2) is 42.5 Å². The second-order valence-corrected chi connectivity index (χ2v) is 8.51. The first kappa shape index (κ1) is 22.3. The SMILES string of the molecule is O=C(Nc1cc(Cl)ccc1C(=O)N1CCCCC1)c1cccc(NC(=O)[C@H]2CCCO2)c1. The largest absolute Gasteiger partial charge is 0.368 e. The number of nitrogens with zero attached hydrogens (tertiary/aromatic N) is 1. The Hall–Kier alpha value is -2.90. The molecule has 1 atom stereocenters. The maximum Gasteiger partial charge on any atom is 0.255 e. The van der Waals surface area contributed by atoms with Gasteiger partial charge in [-0.05, 0) is 68.5 Å². The molecule has 2 saturated heterocycles. The van der Waals surface area contributed by atoms with E-state index in [0.717, 1.165) is 25.7 Å². The van der Waals surface area contributed by atoms with Crippen LogP contribution in [0.4, 0.5) is 11.4 Å². The Morgan fingerprint density at radius 1 is 0.969 bits per heavy atom. The minimum atomic E-state index is -0.456. The molecule has 32 heavy (non-hydrogen) atoms. The van der Waals surface area contributed by atoms with Gasteiger partial charge in [-0.15, -0.1) is 0 Å². The lowest BCUT2D eigenvalue weighted by Crippen LogP contribution is -2.36. The maximum atomic E-state index is 13.0. The topological polar surface area (TPSA) is 87.7 Å². The summed E-state index contributed by atoms with van der Waals surface area (Å²) in [5.41, 5.74) is 1.64.